The molecule has 10 heteroatoms. The first-order valence-electron chi connectivity index (χ1n) is 8.24. The van der Waals surface area contributed by atoms with Crippen molar-refractivity contribution in [3.63, 3.8) is 0 Å². The van der Waals surface area contributed by atoms with Gasteiger partial charge in [0, 0.05) is 17.0 Å². The molecule has 27 heavy (non-hydrogen) atoms. The number of cyclic esters (lactones) is 1. The fraction of sp³-hybridized carbons (Fsp3) is 0.412. The molecule has 0 radical (unpaired) electrons. The maximum atomic E-state index is 13.6. The molecule has 2 heterocycles. The van der Waals surface area contributed by atoms with E-state index in [1.807, 2.05) is 0 Å². The zero-order chi connectivity index (χ0) is 19.8. The maximum absolute atomic E-state index is 13.6. The van der Waals surface area contributed by atoms with Gasteiger partial charge in [-0.2, -0.15) is 8.78 Å². The number of nitrogens with two attached hydrogens (primary N) is 1. The van der Waals surface area contributed by atoms with Gasteiger partial charge in [-0.25, -0.2) is 13.2 Å². The fourth-order valence-electron chi connectivity index (χ4n) is 3.07. The molecule has 1 saturated heterocycles. The highest BCUT2D eigenvalue weighted by molar-refractivity contribution is 7.94. The minimum absolute atomic E-state index is 0.0230. The third-order valence-corrected chi connectivity index (χ3v) is 6.26. The molecule has 0 saturated carbocycles. The van der Waals surface area contributed by atoms with Gasteiger partial charge in [0.2, 0.25) is 0 Å². The van der Waals surface area contributed by atoms with Gasteiger partial charge in [0.15, 0.2) is 9.84 Å². The van der Waals surface area contributed by atoms with Gasteiger partial charge in [-0.3, -0.25) is 4.90 Å². The summed E-state index contributed by atoms with van der Waals surface area (Å²) in [7, 11) is -3.11. The van der Waals surface area contributed by atoms with E-state index in [0.29, 0.717) is 12.1 Å². The Kier molecular flexibility index (Phi) is 5.22. The number of carbonyl (C=O) groups excluding carboxylic acids is 1. The van der Waals surface area contributed by atoms with Gasteiger partial charge >= 0.3 is 12.0 Å². The predicted octanol–water partition coefficient (Wildman–Crippen LogP) is 2.74. The van der Waals surface area contributed by atoms with Crippen LogP contribution in [0, 0.1) is 0 Å². The number of rotatable bonds is 5. The van der Waals surface area contributed by atoms with E-state index in [0.717, 1.165) is 5.56 Å². The van der Waals surface area contributed by atoms with Crippen molar-refractivity contribution in [1.82, 2.24) is 0 Å². The van der Waals surface area contributed by atoms with Crippen LogP contribution in [-0.4, -0.2) is 43.8 Å². The first-order valence-corrected chi connectivity index (χ1v) is 10.4. The van der Waals surface area contributed by atoms with Gasteiger partial charge in [0.1, 0.15) is 11.1 Å². The SMILES string of the molecule is NC(=S)C(F)(F)C[C@H]1CN(c2ccc(C3C=CS(=O)(=O)CC3)cc2)C(=O)O1. The molecule has 6 nitrogen and oxygen atoms in total. The molecule has 0 bridgehead atoms. The van der Waals surface area contributed by atoms with E-state index < -0.39 is 39.4 Å². The zero-order valence-corrected chi connectivity index (χ0v) is 15.8. The van der Waals surface area contributed by atoms with Crippen LogP contribution < -0.4 is 10.6 Å². The summed E-state index contributed by atoms with van der Waals surface area (Å²) < 4.78 is 55.2. The number of thiocarbonyl (C=S) groups is 1. The second kappa shape index (κ2) is 7.16. The molecule has 146 valence electrons. The monoisotopic (exact) mass is 416 g/mol. The Morgan fingerprint density at radius 1 is 1.33 bits per heavy atom. The third-order valence-electron chi connectivity index (χ3n) is 4.58. The number of ether oxygens (including phenoxy) is 1. The van der Waals surface area contributed by atoms with Gasteiger partial charge in [-0.1, -0.05) is 30.4 Å². The zero-order valence-electron chi connectivity index (χ0n) is 14.2. The molecule has 1 aromatic rings. The molecular weight excluding hydrogens is 398 g/mol. The van der Waals surface area contributed by atoms with E-state index in [-0.39, 0.29) is 18.2 Å². The van der Waals surface area contributed by atoms with Crippen LogP contribution in [0.5, 0.6) is 0 Å². The van der Waals surface area contributed by atoms with Crippen molar-refractivity contribution in [1.29, 1.82) is 0 Å². The van der Waals surface area contributed by atoms with Crippen LogP contribution in [0.15, 0.2) is 35.7 Å². The van der Waals surface area contributed by atoms with Gasteiger partial charge in [0.25, 0.3) is 0 Å². The summed E-state index contributed by atoms with van der Waals surface area (Å²) in [6, 6.07) is 6.93. The first-order chi connectivity index (χ1) is 12.6. The average molecular weight is 416 g/mol. The van der Waals surface area contributed by atoms with E-state index in [1.54, 1.807) is 30.3 Å². The second-order valence-corrected chi connectivity index (χ2v) is 9.02. The van der Waals surface area contributed by atoms with Crippen LogP contribution in [0.3, 0.4) is 0 Å². The number of alkyl halides is 2. The fourth-order valence-corrected chi connectivity index (χ4v) is 4.31. The van der Waals surface area contributed by atoms with Gasteiger partial charge < -0.3 is 10.5 Å². The summed E-state index contributed by atoms with van der Waals surface area (Å²) in [5, 5.41) is 1.22. The number of sulfone groups is 1. The number of anilines is 1. The lowest BCUT2D eigenvalue weighted by Crippen LogP contribution is -2.38. The highest BCUT2D eigenvalue weighted by Crippen LogP contribution is 2.31. The van der Waals surface area contributed by atoms with Crippen molar-refractivity contribution >= 4 is 38.8 Å². The minimum Gasteiger partial charge on any atom is -0.444 e. The van der Waals surface area contributed by atoms with Crippen molar-refractivity contribution in [2.24, 2.45) is 5.73 Å². The van der Waals surface area contributed by atoms with Crippen molar-refractivity contribution in [2.75, 3.05) is 17.2 Å². The first kappa shape index (κ1) is 19.7. The Bertz CT molecular complexity index is 885. The van der Waals surface area contributed by atoms with Crippen molar-refractivity contribution in [3.05, 3.63) is 41.3 Å². The van der Waals surface area contributed by atoms with Crippen LogP contribution in [0.2, 0.25) is 0 Å². The van der Waals surface area contributed by atoms with Gasteiger partial charge in [0.05, 0.1) is 18.7 Å². The third kappa shape index (κ3) is 4.44. The highest BCUT2D eigenvalue weighted by Gasteiger charge is 2.42. The lowest BCUT2D eigenvalue weighted by Gasteiger charge is -2.19. The minimum atomic E-state index is -3.38. The molecule has 1 unspecified atom stereocenters. The van der Waals surface area contributed by atoms with E-state index in [9.17, 15) is 22.0 Å². The molecule has 3 rings (SSSR count). The smallest absolute Gasteiger partial charge is 0.414 e. The number of hydrogen-bond acceptors (Lipinski definition) is 5. The van der Waals surface area contributed by atoms with E-state index >= 15 is 0 Å². The molecule has 1 fully saturated rings. The Labute approximate surface area is 160 Å². The van der Waals surface area contributed by atoms with E-state index in [4.69, 9.17) is 10.5 Å². The molecule has 2 atom stereocenters. The van der Waals surface area contributed by atoms with Crippen LogP contribution in [0.25, 0.3) is 0 Å². The molecule has 0 aromatic heterocycles. The lowest BCUT2D eigenvalue weighted by atomic mass is 9.96. The standard InChI is InChI=1S/C17H18F2N2O4S2/c18-17(19,15(20)26)9-14-10-21(16(22)25-14)13-3-1-11(2-4-13)12-5-7-27(23,24)8-6-12/h1-5,7,12,14H,6,8-10H2,(H2,20,26)/t12?,14-/m0/s1. The molecule has 0 aliphatic carbocycles. The van der Waals surface area contributed by atoms with Crippen LogP contribution in [0.4, 0.5) is 19.3 Å². The number of hydrogen-bond donors (Lipinski definition) is 1. The quantitative estimate of drug-likeness (QED) is 0.743. The molecule has 2 N–H and O–H groups in total. The van der Waals surface area contributed by atoms with Crippen molar-refractivity contribution < 1.29 is 26.7 Å². The molecule has 0 spiro atoms. The van der Waals surface area contributed by atoms with Gasteiger partial charge in [-0.05, 0) is 24.1 Å². The topological polar surface area (TPSA) is 89.7 Å². The normalized spacial score (nSPS) is 24.7. The number of amides is 1. The Morgan fingerprint density at radius 2 is 2.00 bits per heavy atom. The Hall–Kier alpha value is -2.07. The predicted molar refractivity (Wildman–Crippen MR) is 101 cm³/mol. The lowest BCUT2D eigenvalue weighted by molar-refractivity contribution is 0.0234. The summed E-state index contributed by atoms with van der Waals surface area (Å²) in [6.45, 7) is -0.0298. The number of nitrogens with zero attached hydrogens (tertiary/aromatic N) is 1. The molecular formula is C17H18F2N2O4S2. The summed E-state index contributed by atoms with van der Waals surface area (Å²) >= 11 is 4.34. The summed E-state index contributed by atoms with van der Waals surface area (Å²) in [6.07, 6.45) is -0.356. The van der Waals surface area contributed by atoms with Crippen LogP contribution >= 0.6 is 12.2 Å². The summed E-state index contributed by atoms with van der Waals surface area (Å²) in [5.74, 6) is -3.31. The summed E-state index contributed by atoms with van der Waals surface area (Å²) in [5.41, 5.74) is 6.44. The van der Waals surface area contributed by atoms with E-state index in [2.05, 4.69) is 12.2 Å². The maximum Gasteiger partial charge on any atom is 0.414 e. The number of halogens is 2. The van der Waals surface area contributed by atoms with Crippen molar-refractivity contribution in [2.45, 2.75) is 30.8 Å². The number of benzene rings is 1. The highest BCUT2D eigenvalue weighted by atomic mass is 32.2. The molecule has 2 aliphatic rings. The largest absolute Gasteiger partial charge is 0.444 e. The molecule has 1 aromatic carbocycles. The van der Waals surface area contributed by atoms with E-state index in [1.165, 1.54) is 10.3 Å². The average Bonchev–Trinajstić information content (AvgIpc) is 2.94. The van der Waals surface area contributed by atoms with Gasteiger partial charge in [-0.15, -0.1) is 0 Å². The van der Waals surface area contributed by atoms with Crippen LogP contribution in [-0.2, 0) is 14.6 Å². The molecule has 1 amide bonds. The number of allylic oxidation sites excluding steroid dienone is 1. The van der Waals surface area contributed by atoms with Crippen molar-refractivity contribution in [3.8, 4) is 0 Å². The Balaban J connectivity index is 1.69. The summed E-state index contributed by atoms with van der Waals surface area (Å²) in [4.78, 5) is 12.4. The number of carbonyl (C=O) groups is 1. The second-order valence-electron chi connectivity index (χ2n) is 6.57. The Morgan fingerprint density at radius 3 is 2.56 bits per heavy atom. The molecule has 2 aliphatic heterocycles. The van der Waals surface area contributed by atoms with Crippen LogP contribution in [0.1, 0.15) is 24.3 Å².